The predicted molar refractivity (Wildman–Crippen MR) is 64.9 cm³/mol. The summed E-state index contributed by atoms with van der Waals surface area (Å²) in [5, 5.41) is 12.3. The van der Waals surface area contributed by atoms with Gasteiger partial charge in [-0.1, -0.05) is 0 Å². The Hall–Kier alpha value is -1.79. The third kappa shape index (κ3) is 3.12. The van der Waals surface area contributed by atoms with Gasteiger partial charge in [-0.25, -0.2) is 0 Å². The Balaban J connectivity index is 1.90. The molecule has 0 spiro atoms. The average molecular weight is 252 g/mol. The topological polar surface area (TPSA) is 93.8 Å². The van der Waals surface area contributed by atoms with Gasteiger partial charge < -0.3 is 25.6 Å². The van der Waals surface area contributed by atoms with Crippen LogP contribution in [0.5, 0.6) is 5.75 Å². The second-order valence-corrected chi connectivity index (χ2v) is 4.04. The van der Waals surface area contributed by atoms with E-state index in [9.17, 15) is 9.90 Å². The number of nitrogens with two attached hydrogens (primary N) is 1. The lowest BCUT2D eigenvalue weighted by Gasteiger charge is -2.22. The highest BCUT2D eigenvalue weighted by Gasteiger charge is 2.22. The van der Waals surface area contributed by atoms with Gasteiger partial charge in [0.05, 0.1) is 19.8 Å². The molecule has 4 N–H and O–H groups in total. The number of benzene rings is 1. The molecule has 0 aromatic heterocycles. The number of aromatic hydroxyl groups is 1. The highest BCUT2D eigenvalue weighted by molar-refractivity contribution is 5.81. The van der Waals surface area contributed by atoms with E-state index in [-0.39, 0.29) is 24.8 Å². The average Bonchev–Trinajstić information content (AvgIpc) is 2.40. The van der Waals surface area contributed by atoms with E-state index in [4.69, 9.17) is 15.2 Å². The minimum absolute atomic E-state index is 0.102. The van der Waals surface area contributed by atoms with Crippen LogP contribution < -0.4 is 11.1 Å². The van der Waals surface area contributed by atoms with Crippen molar-refractivity contribution in [2.45, 2.75) is 12.6 Å². The SMILES string of the molecule is Nc1ccc(O)c(CNC(=O)C2COCCO2)c1. The normalized spacial score (nSPS) is 19.4. The van der Waals surface area contributed by atoms with Crippen LogP contribution in [-0.4, -0.2) is 36.9 Å². The Kier molecular flexibility index (Phi) is 4.01. The van der Waals surface area contributed by atoms with Gasteiger partial charge in [0.15, 0.2) is 6.10 Å². The number of nitrogens with one attached hydrogen (secondary N) is 1. The molecule has 0 radical (unpaired) electrons. The van der Waals surface area contributed by atoms with Gasteiger partial charge in [0, 0.05) is 17.8 Å². The molecule has 98 valence electrons. The molecule has 1 heterocycles. The fourth-order valence-corrected chi connectivity index (χ4v) is 1.68. The zero-order valence-electron chi connectivity index (χ0n) is 9.89. The van der Waals surface area contributed by atoms with Gasteiger partial charge in [-0.3, -0.25) is 4.79 Å². The molecular weight excluding hydrogens is 236 g/mol. The Morgan fingerprint density at radius 1 is 1.50 bits per heavy atom. The summed E-state index contributed by atoms with van der Waals surface area (Å²) in [7, 11) is 0. The van der Waals surface area contributed by atoms with E-state index in [2.05, 4.69) is 5.32 Å². The van der Waals surface area contributed by atoms with Crippen LogP contribution in [0, 0.1) is 0 Å². The third-order valence-corrected chi connectivity index (χ3v) is 2.66. The molecule has 1 aromatic carbocycles. The van der Waals surface area contributed by atoms with Crippen molar-refractivity contribution in [2.75, 3.05) is 25.6 Å². The van der Waals surface area contributed by atoms with E-state index in [0.29, 0.717) is 24.5 Å². The first kappa shape index (κ1) is 12.7. The largest absolute Gasteiger partial charge is 0.508 e. The molecule has 1 unspecified atom stereocenters. The summed E-state index contributed by atoms with van der Waals surface area (Å²) >= 11 is 0. The van der Waals surface area contributed by atoms with Crippen molar-refractivity contribution in [1.82, 2.24) is 5.32 Å². The molecule has 1 amide bonds. The minimum Gasteiger partial charge on any atom is -0.508 e. The maximum Gasteiger partial charge on any atom is 0.251 e. The van der Waals surface area contributed by atoms with E-state index in [1.165, 1.54) is 6.07 Å². The highest BCUT2D eigenvalue weighted by Crippen LogP contribution is 2.19. The Morgan fingerprint density at radius 3 is 3.06 bits per heavy atom. The lowest BCUT2D eigenvalue weighted by molar-refractivity contribution is -0.147. The summed E-state index contributed by atoms with van der Waals surface area (Å²) < 4.78 is 10.4. The first-order valence-corrected chi connectivity index (χ1v) is 5.71. The fraction of sp³-hybridized carbons (Fsp3) is 0.417. The van der Waals surface area contributed by atoms with Crippen LogP contribution in [0.1, 0.15) is 5.56 Å². The second-order valence-electron chi connectivity index (χ2n) is 4.04. The van der Waals surface area contributed by atoms with Gasteiger partial charge in [0.1, 0.15) is 5.75 Å². The second kappa shape index (κ2) is 5.70. The quantitative estimate of drug-likeness (QED) is 0.520. The highest BCUT2D eigenvalue weighted by atomic mass is 16.6. The number of carbonyl (C=O) groups excluding carboxylic acids is 1. The molecule has 18 heavy (non-hydrogen) atoms. The number of carbonyl (C=O) groups is 1. The van der Waals surface area contributed by atoms with Crippen LogP contribution in [0.2, 0.25) is 0 Å². The van der Waals surface area contributed by atoms with Crippen molar-refractivity contribution >= 4 is 11.6 Å². The van der Waals surface area contributed by atoms with Crippen LogP contribution in [0.25, 0.3) is 0 Å². The van der Waals surface area contributed by atoms with Crippen LogP contribution >= 0.6 is 0 Å². The van der Waals surface area contributed by atoms with E-state index in [1.807, 2.05) is 0 Å². The number of hydrogen-bond donors (Lipinski definition) is 3. The van der Waals surface area contributed by atoms with Crippen LogP contribution in [0.4, 0.5) is 5.69 Å². The molecule has 1 atom stereocenters. The Labute approximate surface area is 105 Å². The number of phenols is 1. The molecular formula is C12H16N2O4. The number of phenolic OH excluding ortho intramolecular Hbond substituents is 1. The fourth-order valence-electron chi connectivity index (χ4n) is 1.68. The summed E-state index contributed by atoms with van der Waals surface area (Å²) in [6.45, 7) is 1.39. The lowest BCUT2D eigenvalue weighted by Crippen LogP contribution is -2.42. The lowest BCUT2D eigenvalue weighted by atomic mass is 10.1. The number of ether oxygens (including phenoxy) is 2. The zero-order chi connectivity index (χ0) is 13.0. The van der Waals surface area contributed by atoms with Crippen molar-refractivity contribution < 1.29 is 19.4 Å². The molecule has 0 aliphatic carbocycles. The molecule has 1 aliphatic heterocycles. The number of hydrogen-bond acceptors (Lipinski definition) is 5. The smallest absolute Gasteiger partial charge is 0.251 e. The standard InChI is InChI=1S/C12H16N2O4/c13-9-1-2-10(15)8(5-9)6-14-12(16)11-7-17-3-4-18-11/h1-2,5,11,15H,3-4,6-7,13H2,(H,14,16). The van der Waals surface area contributed by atoms with Crippen molar-refractivity contribution in [2.24, 2.45) is 0 Å². The maximum absolute atomic E-state index is 11.7. The number of amides is 1. The maximum atomic E-state index is 11.7. The van der Waals surface area contributed by atoms with E-state index < -0.39 is 6.10 Å². The predicted octanol–water partition coefficient (Wildman–Crippen LogP) is 0.00600. The molecule has 1 fully saturated rings. The first-order chi connectivity index (χ1) is 8.66. The molecule has 0 bridgehead atoms. The Morgan fingerprint density at radius 2 is 2.33 bits per heavy atom. The van der Waals surface area contributed by atoms with E-state index >= 15 is 0 Å². The number of nitrogen functional groups attached to an aromatic ring is 1. The van der Waals surface area contributed by atoms with Crippen molar-refractivity contribution in [3.05, 3.63) is 23.8 Å². The van der Waals surface area contributed by atoms with Crippen molar-refractivity contribution in [3.63, 3.8) is 0 Å². The minimum atomic E-state index is -0.582. The molecule has 0 saturated carbocycles. The Bertz CT molecular complexity index is 430. The first-order valence-electron chi connectivity index (χ1n) is 5.71. The van der Waals surface area contributed by atoms with Crippen molar-refractivity contribution in [1.29, 1.82) is 0 Å². The summed E-state index contributed by atoms with van der Waals surface area (Å²) in [6, 6.07) is 4.71. The van der Waals surface area contributed by atoms with Crippen LogP contribution in [-0.2, 0) is 20.8 Å². The molecule has 1 aromatic rings. The van der Waals surface area contributed by atoms with Crippen LogP contribution in [0.3, 0.4) is 0 Å². The van der Waals surface area contributed by atoms with Gasteiger partial charge in [0.2, 0.25) is 0 Å². The molecule has 1 saturated heterocycles. The number of rotatable bonds is 3. The molecule has 1 aliphatic rings. The monoisotopic (exact) mass is 252 g/mol. The third-order valence-electron chi connectivity index (χ3n) is 2.66. The molecule has 6 nitrogen and oxygen atoms in total. The molecule has 6 heteroatoms. The van der Waals surface area contributed by atoms with Gasteiger partial charge in [-0.05, 0) is 18.2 Å². The molecule has 2 rings (SSSR count). The van der Waals surface area contributed by atoms with Gasteiger partial charge in [-0.15, -0.1) is 0 Å². The summed E-state index contributed by atoms with van der Waals surface area (Å²) in [6.07, 6.45) is -0.582. The van der Waals surface area contributed by atoms with E-state index in [1.54, 1.807) is 12.1 Å². The van der Waals surface area contributed by atoms with Crippen molar-refractivity contribution in [3.8, 4) is 5.75 Å². The van der Waals surface area contributed by atoms with Gasteiger partial charge >= 0.3 is 0 Å². The van der Waals surface area contributed by atoms with Crippen LogP contribution in [0.15, 0.2) is 18.2 Å². The summed E-state index contributed by atoms with van der Waals surface area (Å²) in [5.41, 5.74) is 6.71. The van der Waals surface area contributed by atoms with E-state index in [0.717, 1.165) is 0 Å². The summed E-state index contributed by atoms with van der Waals surface area (Å²) in [4.78, 5) is 11.7. The zero-order valence-corrected chi connectivity index (χ0v) is 9.89. The number of anilines is 1. The van der Waals surface area contributed by atoms with Gasteiger partial charge in [-0.2, -0.15) is 0 Å². The van der Waals surface area contributed by atoms with Gasteiger partial charge in [0.25, 0.3) is 5.91 Å². The summed E-state index contributed by atoms with van der Waals surface area (Å²) in [5.74, 6) is -0.151.